The van der Waals surface area contributed by atoms with Gasteiger partial charge in [0.1, 0.15) is 5.82 Å². The molecule has 174 valence electrons. The number of carbonyl (C=O) groups excluding carboxylic acids is 1. The third kappa shape index (κ3) is 5.14. The van der Waals surface area contributed by atoms with E-state index in [0.29, 0.717) is 29.3 Å². The molecular weight excluding hydrogens is 433 g/mol. The van der Waals surface area contributed by atoms with Gasteiger partial charge in [-0.15, -0.1) is 0 Å². The summed E-state index contributed by atoms with van der Waals surface area (Å²) in [5.41, 5.74) is 1.81. The van der Waals surface area contributed by atoms with Crippen LogP contribution in [0.25, 0.3) is 10.9 Å². The van der Waals surface area contributed by atoms with E-state index in [1.54, 1.807) is 42.5 Å². The highest BCUT2D eigenvalue weighted by atomic mass is 19.1. The first-order valence-corrected chi connectivity index (χ1v) is 11.3. The number of anilines is 1. The Morgan fingerprint density at radius 3 is 2.35 bits per heavy atom. The van der Waals surface area contributed by atoms with Crippen LogP contribution in [0.1, 0.15) is 30.4 Å². The molecule has 0 fully saturated rings. The fourth-order valence-electron chi connectivity index (χ4n) is 3.93. The Kier molecular flexibility index (Phi) is 7.01. The number of aromatic nitrogens is 2. The smallest absolute Gasteiger partial charge is 0.326 e. The molecule has 0 atom stereocenters. The summed E-state index contributed by atoms with van der Waals surface area (Å²) in [4.78, 5) is 38.5. The van der Waals surface area contributed by atoms with Crippen LogP contribution in [0.2, 0.25) is 0 Å². The van der Waals surface area contributed by atoms with Crippen molar-refractivity contribution in [3.8, 4) is 0 Å². The maximum absolute atomic E-state index is 14.3. The summed E-state index contributed by atoms with van der Waals surface area (Å²) in [6.45, 7) is 2.17. The van der Waals surface area contributed by atoms with E-state index in [2.05, 4.69) is 5.32 Å². The fraction of sp³-hybridized carbons (Fsp3) is 0.222. The number of unbranched alkanes of at least 4 members (excludes halogenated alkanes) is 1. The van der Waals surface area contributed by atoms with E-state index in [9.17, 15) is 18.8 Å². The Labute approximate surface area is 196 Å². The van der Waals surface area contributed by atoms with E-state index < -0.39 is 11.5 Å². The molecule has 4 rings (SSSR count). The molecule has 0 saturated heterocycles. The van der Waals surface area contributed by atoms with E-state index in [1.165, 1.54) is 15.2 Å². The molecular formula is C27H26FN3O3. The Bertz CT molecular complexity index is 1440. The topological polar surface area (TPSA) is 73.1 Å². The lowest BCUT2D eigenvalue weighted by atomic mass is 10.2. The number of carbonyl (C=O) groups is 1. The number of nitrogens with zero attached hydrogens (tertiary/aromatic N) is 2. The van der Waals surface area contributed by atoms with Crippen molar-refractivity contribution in [2.45, 2.75) is 39.3 Å². The number of para-hydroxylation sites is 1. The minimum atomic E-state index is -0.490. The largest absolute Gasteiger partial charge is 0.331 e. The van der Waals surface area contributed by atoms with Crippen LogP contribution >= 0.6 is 0 Å². The van der Waals surface area contributed by atoms with Crippen molar-refractivity contribution >= 4 is 22.5 Å². The Balaban J connectivity index is 1.50. The van der Waals surface area contributed by atoms with Crippen LogP contribution in [0.15, 0.2) is 82.4 Å². The maximum atomic E-state index is 14.3. The summed E-state index contributed by atoms with van der Waals surface area (Å²) >= 11 is 0. The first-order valence-electron chi connectivity index (χ1n) is 11.3. The minimum Gasteiger partial charge on any atom is -0.326 e. The lowest BCUT2D eigenvalue weighted by Crippen LogP contribution is -2.40. The van der Waals surface area contributed by atoms with Gasteiger partial charge >= 0.3 is 5.69 Å². The molecule has 0 aliphatic rings. The molecule has 0 spiro atoms. The molecule has 1 N–H and O–H groups in total. The highest BCUT2D eigenvalue weighted by molar-refractivity contribution is 5.90. The van der Waals surface area contributed by atoms with Crippen molar-refractivity contribution in [1.82, 2.24) is 9.13 Å². The van der Waals surface area contributed by atoms with E-state index in [0.717, 1.165) is 11.3 Å². The summed E-state index contributed by atoms with van der Waals surface area (Å²) in [7, 11) is 0. The van der Waals surface area contributed by atoms with E-state index in [-0.39, 0.29) is 31.0 Å². The fourth-order valence-corrected chi connectivity index (χ4v) is 3.93. The molecule has 0 bridgehead atoms. The molecule has 4 aromatic rings. The van der Waals surface area contributed by atoms with Crippen LogP contribution < -0.4 is 16.6 Å². The number of nitrogens with one attached hydrogen (secondary N) is 1. The zero-order chi connectivity index (χ0) is 24.1. The summed E-state index contributed by atoms with van der Waals surface area (Å²) in [6.07, 6.45) is 1.28. The van der Waals surface area contributed by atoms with Crippen molar-refractivity contribution in [2.24, 2.45) is 0 Å². The second-order valence-corrected chi connectivity index (χ2v) is 8.31. The molecule has 0 unspecified atom stereocenters. The van der Waals surface area contributed by atoms with E-state index in [1.807, 2.05) is 31.2 Å². The molecule has 1 amide bonds. The van der Waals surface area contributed by atoms with Gasteiger partial charge in [0.2, 0.25) is 5.91 Å². The van der Waals surface area contributed by atoms with Crippen LogP contribution in [-0.2, 0) is 17.9 Å². The van der Waals surface area contributed by atoms with Gasteiger partial charge in [-0.3, -0.25) is 18.7 Å². The number of hydrogen-bond acceptors (Lipinski definition) is 3. The van der Waals surface area contributed by atoms with Gasteiger partial charge in [0, 0.05) is 24.2 Å². The Morgan fingerprint density at radius 2 is 1.59 bits per heavy atom. The van der Waals surface area contributed by atoms with E-state index >= 15 is 0 Å². The van der Waals surface area contributed by atoms with Crippen molar-refractivity contribution in [2.75, 3.05) is 5.32 Å². The van der Waals surface area contributed by atoms with E-state index in [4.69, 9.17) is 0 Å². The molecule has 0 radical (unpaired) electrons. The second kappa shape index (κ2) is 10.3. The van der Waals surface area contributed by atoms with Crippen LogP contribution in [0.5, 0.6) is 0 Å². The summed E-state index contributed by atoms with van der Waals surface area (Å²) in [5.74, 6) is -0.525. The predicted molar refractivity (Wildman–Crippen MR) is 132 cm³/mol. The van der Waals surface area contributed by atoms with Gasteiger partial charge in [-0.25, -0.2) is 9.18 Å². The quantitative estimate of drug-likeness (QED) is 0.395. The number of aryl methyl sites for hydroxylation is 1. The highest BCUT2D eigenvalue weighted by Gasteiger charge is 2.14. The lowest BCUT2D eigenvalue weighted by Gasteiger charge is -2.14. The van der Waals surface area contributed by atoms with Crippen molar-refractivity contribution in [3.05, 3.63) is 111 Å². The lowest BCUT2D eigenvalue weighted by molar-refractivity contribution is -0.116. The van der Waals surface area contributed by atoms with Crippen LogP contribution in [-0.4, -0.2) is 15.0 Å². The van der Waals surface area contributed by atoms with Crippen LogP contribution in [0.4, 0.5) is 10.1 Å². The molecule has 1 heterocycles. The zero-order valence-corrected chi connectivity index (χ0v) is 19.0. The van der Waals surface area contributed by atoms with Gasteiger partial charge in [0.25, 0.3) is 5.56 Å². The zero-order valence-electron chi connectivity index (χ0n) is 19.0. The molecule has 0 aliphatic carbocycles. The maximum Gasteiger partial charge on any atom is 0.331 e. The SMILES string of the molecule is Cc1ccc(NC(=O)CCCCn2c(=O)c3ccccc3n(Cc3ccccc3F)c2=O)cc1. The van der Waals surface area contributed by atoms with Crippen molar-refractivity contribution in [3.63, 3.8) is 0 Å². The van der Waals surface area contributed by atoms with Crippen molar-refractivity contribution in [1.29, 1.82) is 0 Å². The van der Waals surface area contributed by atoms with Crippen LogP contribution in [0, 0.1) is 12.7 Å². The monoisotopic (exact) mass is 459 g/mol. The Morgan fingerprint density at radius 1 is 0.882 bits per heavy atom. The number of amides is 1. The molecule has 34 heavy (non-hydrogen) atoms. The second-order valence-electron chi connectivity index (χ2n) is 8.31. The minimum absolute atomic E-state index is 0.0191. The van der Waals surface area contributed by atoms with Crippen LogP contribution in [0.3, 0.4) is 0 Å². The van der Waals surface area contributed by atoms with Gasteiger partial charge in [0.05, 0.1) is 17.4 Å². The number of halogens is 1. The van der Waals surface area contributed by atoms with Gasteiger partial charge in [-0.05, 0) is 50.1 Å². The average molecular weight is 460 g/mol. The molecule has 1 aromatic heterocycles. The molecule has 0 aliphatic heterocycles. The predicted octanol–water partition coefficient (Wildman–Crippen LogP) is 4.47. The molecule has 3 aromatic carbocycles. The van der Waals surface area contributed by atoms with Crippen molar-refractivity contribution < 1.29 is 9.18 Å². The summed E-state index contributed by atoms with van der Waals surface area (Å²) in [6, 6.07) is 20.7. The normalized spacial score (nSPS) is 11.0. The first-order chi connectivity index (χ1) is 16.4. The van der Waals surface area contributed by atoms with Gasteiger partial charge < -0.3 is 5.32 Å². The third-order valence-electron chi connectivity index (χ3n) is 5.79. The van der Waals surface area contributed by atoms with Gasteiger partial charge in [-0.2, -0.15) is 0 Å². The Hall–Kier alpha value is -4.00. The molecule has 6 nitrogen and oxygen atoms in total. The van der Waals surface area contributed by atoms with Gasteiger partial charge in [-0.1, -0.05) is 48.0 Å². The average Bonchev–Trinajstić information content (AvgIpc) is 2.84. The third-order valence-corrected chi connectivity index (χ3v) is 5.79. The van der Waals surface area contributed by atoms with Gasteiger partial charge in [0.15, 0.2) is 0 Å². The number of fused-ring (bicyclic) bond motifs is 1. The molecule has 7 heteroatoms. The standard InChI is InChI=1S/C27H26FN3O3/c1-19-13-15-21(16-14-19)29-25(32)12-6-7-17-30-26(33)22-9-3-5-11-24(22)31(27(30)34)18-20-8-2-4-10-23(20)28/h2-5,8-11,13-16H,6-7,12,17-18H2,1H3,(H,29,32). The number of hydrogen-bond donors (Lipinski definition) is 1. The number of rotatable bonds is 8. The molecule has 0 saturated carbocycles. The summed E-state index contributed by atoms with van der Waals surface area (Å²) in [5, 5.41) is 3.25. The summed E-state index contributed by atoms with van der Waals surface area (Å²) < 4.78 is 16.9. The number of benzene rings is 3. The highest BCUT2D eigenvalue weighted by Crippen LogP contribution is 2.13. The first kappa shape index (κ1) is 23.2.